The third-order valence-corrected chi connectivity index (χ3v) is 8.92. The number of alkyl halides is 1. The molecule has 0 radical (unpaired) electrons. The molecule has 1 amide bonds. The summed E-state index contributed by atoms with van der Waals surface area (Å²) in [6, 6.07) is 9.77. The third-order valence-electron chi connectivity index (χ3n) is 7.78. The number of thioether (sulfide) groups is 1. The van der Waals surface area contributed by atoms with E-state index in [2.05, 4.69) is 10.2 Å². The van der Waals surface area contributed by atoms with Crippen LogP contribution in [0.3, 0.4) is 0 Å². The second-order valence-electron chi connectivity index (χ2n) is 10.2. The molecule has 0 saturated carbocycles. The molecular weight excluding hydrogens is 575 g/mol. The van der Waals surface area contributed by atoms with Crippen molar-refractivity contribution in [1.29, 1.82) is 0 Å². The number of nitrogens with one attached hydrogen (secondary N) is 1. The van der Waals surface area contributed by atoms with E-state index in [4.69, 9.17) is 9.47 Å². The Morgan fingerprint density at radius 2 is 1.95 bits per heavy atom. The Morgan fingerprint density at radius 1 is 1.14 bits per heavy atom. The maximum atomic E-state index is 15.2. The third kappa shape index (κ3) is 4.85. The van der Waals surface area contributed by atoms with Crippen LogP contribution in [0.5, 0.6) is 5.75 Å². The molecule has 1 fully saturated rings. The van der Waals surface area contributed by atoms with E-state index in [1.54, 1.807) is 0 Å². The predicted molar refractivity (Wildman–Crippen MR) is 147 cm³/mol. The highest BCUT2D eigenvalue weighted by atomic mass is 32.2. The number of piperidine rings is 1. The number of aromatic nitrogens is 1. The van der Waals surface area contributed by atoms with Crippen molar-refractivity contribution >= 4 is 23.8 Å². The largest absolute Gasteiger partial charge is 0.510 e. The van der Waals surface area contributed by atoms with E-state index in [1.807, 2.05) is 24.3 Å². The highest BCUT2D eigenvalue weighted by Gasteiger charge is 2.41. The minimum Gasteiger partial charge on any atom is -0.451 e. The number of fused-ring (bicyclic) bond motifs is 4. The fourth-order valence-corrected chi connectivity index (χ4v) is 6.80. The van der Waals surface area contributed by atoms with E-state index in [0.29, 0.717) is 18.4 Å². The molecule has 220 valence electrons. The molecule has 1 N–H and O–H groups in total. The molecule has 0 spiro atoms. The Hall–Kier alpha value is -4.13. The Morgan fingerprint density at radius 3 is 2.74 bits per heavy atom. The van der Waals surface area contributed by atoms with Crippen molar-refractivity contribution in [1.82, 2.24) is 9.58 Å². The lowest BCUT2D eigenvalue weighted by Crippen LogP contribution is -2.58. The van der Waals surface area contributed by atoms with Crippen LogP contribution in [0, 0.1) is 17.6 Å². The summed E-state index contributed by atoms with van der Waals surface area (Å²) >= 11 is 1.39. The van der Waals surface area contributed by atoms with Crippen molar-refractivity contribution in [3.05, 3.63) is 80.6 Å². The van der Waals surface area contributed by atoms with E-state index in [1.165, 1.54) is 27.4 Å². The second-order valence-corrected chi connectivity index (χ2v) is 11.2. The first-order chi connectivity index (χ1) is 20.3. The van der Waals surface area contributed by atoms with Crippen molar-refractivity contribution in [2.75, 3.05) is 32.5 Å². The van der Waals surface area contributed by atoms with E-state index >= 15 is 8.78 Å². The summed E-state index contributed by atoms with van der Waals surface area (Å²) in [5.41, 5.74) is 4.18. The standard InChI is InChI=1S/C29H26F3N3O6S/c1-39-29(38)41-14-40-27-22(36)10-21(35-26(27)28(37)34-12-15(11-30)6-7-24(34)33-35)18-9-20(31)25(32)19-13-42-23-5-3-2-4-16(23)8-17(18)19/h2-5,9-10,15,24,33H,6-8,11-14H2,1H3/t15?,24-/m0/s1. The number of nitrogens with zero attached hydrogens (tertiary/aromatic N) is 2. The van der Waals surface area contributed by atoms with E-state index in [9.17, 15) is 18.8 Å². The minimum atomic E-state index is -1.09. The molecule has 0 bridgehead atoms. The average molecular weight is 602 g/mol. The summed E-state index contributed by atoms with van der Waals surface area (Å²) in [5, 5.41) is 0. The van der Waals surface area contributed by atoms with Gasteiger partial charge in [0.2, 0.25) is 18.0 Å². The first kappa shape index (κ1) is 28.0. The van der Waals surface area contributed by atoms with Gasteiger partial charge < -0.3 is 24.5 Å². The first-order valence-corrected chi connectivity index (χ1v) is 14.3. The van der Waals surface area contributed by atoms with Gasteiger partial charge in [0.15, 0.2) is 17.3 Å². The molecule has 9 nitrogen and oxygen atoms in total. The zero-order chi connectivity index (χ0) is 29.5. The van der Waals surface area contributed by atoms with Gasteiger partial charge in [-0.15, -0.1) is 11.8 Å². The van der Waals surface area contributed by atoms with Crippen LogP contribution >= 0.6 is 11.8 Å². The molecule has 3 aliphatic rings. The number of methoxy groups -OCH3 is 1. The molecule has 1 aromatic heterocycles. The monoisotopic (exact) mass is 601 g/mol. The normalized spacial score (nSPS) is 19.0. The van der Waals surface area contributed by atoms with Gasteiger partial charge in [-0.1, -0.05) is 18.2 Å². The van der Waals surface area contributed by atoms with Gasteiger partial charge >= 0.3 is 6.16 Å². The molecule has 3 aliphatic heterocycles. The van der Waals surface area contributed by atoms with Gasteiger partial charge in [-0.2, -0.15) is 0 Å². The fraction of sp³-hybridized carbons (Fsp3) is 0.345. The molecule has 2 atom stereocenters. The van der Waals surface area contributed by atoms with Gasteiger partial charge in [0.25, 0.3) is 5.91 Å². The average Bonchev–Trinajstić information content (AvgIpc) is 3.20. The van der Waals surface area contributed by atoms with E-state index < -0.39 is 54.5 Å². The molecule has 4 heterocycles. The lowest BCUT2D eigenvalue weighted by Gasteiger charge is -2.44. The molecule has 6 rings (SSSR count). The number of carbonyl (C=O) groups excluding carboxylic acids is 2. The van der Waals surface area contributed by atoms with Crippen LogP contribution in [0.4, 0.5) is 18.0 Å². The molecular formula is C29H26F3N3O6S. The Kier molecular flexibility index (Phi) is 7.52. The highest BCUT2D eigenvalue weighted by molar-refractivity contribution is 7.98. The van der Waals surface area contributed by atoms with Crippen LogP contribution in [-0.2, 0) is 21.6 Å². The number of benzene rings is 2. The number of pyridine rings is 1. The van der Waals surface area contributed by atoms with Crippen LogP contribution in [0.15, 0.2) is 46.1 Å². The Balaban J connectivity index is 1.53. The molecule has 1 saturated heterocycles. The number of amides is 1. The van der Waals surface area contributed by atoms with Crippen LogP contribution in [0.2, 0.25) is 0 Å². The number of halogens is 3. The highest BCUT2D eigenvalue weighted by Crippen LogP contribution is 2.41. The van der Waals surface area contributed by atoms with Crippen molar-refractivity contribution in [2.45, 2.75) is 36.1 Å². The zero-order valence-corrected chi connectivity index (χ0v) is 23.3. The first-order valence-electron chi connectivity index (χ1n) is 13.3. The maximum absolute atomic E-state index is 15.2. The summed E-state index contributed by atoms with van der Waals surface area (Å²) in [6.07, 6.45) is -0.398. The minimum absolute atomic E-state index is 0.109. The predicted octanol–water partition coefficient (Wildman–Crippen LogP) is 4.81. The van der Waals surface area contributed by atoms with E-state index in [0.717, 1.165) is 23.6 Å². The van der Waals surface area contributed by atoms with Gasteiger partial charge in [-0.3, -0.25) is 14.0 Å². The lowest BCUT2D eigenvalue weighted by molar-refractivity contribution is 0.0130. The molecule has 42 heavy (non-hydrogen) atoms. The van der Waals surface area contributed by atoms with Crippen molar-refractivity contribution < 1.29 is 37.0 Å². The summed E-state index contributed by atoms with van der Waals surface area (Å²) in [6.45, 7) is -1.23. The van der Waals surface area contributed by atoms with Crippen LogP contribution in [0.1, 0.15) is 40.0 Å². The number of hydrogen-bond acceptors (Lipinski definition) is 8. The SMILES string of the molecule is COC(=O)OCOc1c2n(c(-c3cc(F)c(F)c4c3Cc3ccccc3SC4)cc1=O)N[C@@H]1CCC(CF)CN1C2=O. The van der Waals surface area contributed by atoms with E-state index in [-0.39, 0.29) is 47.2 Å². The van der Waals surface area contributed by atoms with Crippen LogP contribution < -0.4 is 15.6 Å². The second kappa shape index (κ2) is 11.3. The number of carbonyl (C=O) groups is 2. The summed E-state index contributed by atoms with van der Waals surface area (Å²) in [4.78, 5) is 41.2. The van der Waals surface area contributed by atoms with Gasteiger partial charge in [-0.05, 0) is 42.5 Å². The van der Waals surface area contributed by atoms with Crippen molar-refractivity contribution in [2.24, 2.45) is 5.92 Å². The van der Waals surface area contributed by atoms with Gasteiger partial charge in [-0.25, -0.2) is 18.3 Å². The van der Waals surface area contributed by atoms with Crippen LogP contribution in [0.25, 0.3) is 11.3 Å². The maximum Gasteiger partial charge on any atom is 0.510 e. The quantitative estimate of drug-likeness (QED) is 0.329. The van der Waals surface area contributed by atoms with Gasteiger partial charge in [0, 0.05) is 40.3 Å². The molecule has 2 aromatic carbocycles. The summed E-state index contributed by atoms with van der Waals surface area (Å²) < 4.78 is 59.9. The van der Waals surface area contributed by atoms with Gasteiger partial charge in [0.1, 0.15) is 6.17 Å². The summed E-state index contributed by atoms with van der Waals surface area (Å²) in [5.74, 6) is -3.29. The topological polar surface area (TPSA) is 99.1 Å². The molecule has 0 aliphatic carbocycles. The molecule has 13 heteroatoms. The number of ether oxygens (including phenoxy) is 3. The molecule has 3 aromatic rings. The number of rotatable bonds is 5. The summed E-state index contributed by atoms with van der Waals surface area (Å²) in [7, 11) is 1.10. The zero-order valence-electron chi connectivity index (χ0n) is 22.5. The fourth-order valence-electron chi connectivity index (χ4n) is 5.70. The van der Waals surface area contributed by atoms with Crippen molar-refractivity contribution in [3.8, 4) is 17.0 Å². The van der Waals surface area contributed by atoms with Crippen molar-refractivity contribution in [3.63, 3.8) is 0 Å². The van der Waals surface area contributed by atoms with Gasteiger partial charge in [0.05, 0.1) is 19.5 Å². The van der Waals surface area contributed by atoms with Crippen LogP contribution in [-0.4, -0.2) is 54.9 Å². The Bertz CT molecular complexity index is 1650. The smallest absolute Gasteiger partial charge is 0.451 e. The lowest BCUT2D eigenvalue weighted by atomic mass is 9.92. The Labute approximate surface area is 242 Å². The number of hydrogen-bond donors (Lipinski definition) is 1. The molecule has 1 unspecified atom stereocenters.